The highest BCUT2D eigenvalue weighted by atomic mass is 16.5. The number of hydrogen-bond donors (Lipinski definition) is 2. The second-order valence-electron chi connectivity index (χ2n) is 3.43. The summed E-state index contributed by atoms with van der Waals surface area (Å²) >= 11 is 0. The molecule has 2 rings (SSSR count). The number of fused-ring (bicyclic) bond motifs is 1. The maximum atomic E-state index is 11.1. The van der Waals surface area contributed by atoms with Crippen LogP contribution >= 0.6 is 0 Å². The van der Waals surface area contributed by atoms with E-state index in [1.54, 1.807) is 0 Å². The standard InChI is InChI=1S/C11H11N3O2/c12-3-4-13-6-8-1-2-10-9(5-8)14-11(15)7-16-10/h1-2,5,13H,4,6-7H2,(H,14,15). The van der Waals surface area contributed by atoms with Crippen molar-refractivity contribution in [3.8, 4) is 11.8 Å². The van der Waals surface area contributed by atoms with Gasteiger partial charge in [0.1, 0.15) is 5.75 Å². The molecule has 1 amide bonds. The number of amides is 1. The summed E-state index contributed by atoms with van der Waals surface area (Å²) in [6, 6.07) is 7.57. The molecule has 1 aliphatic rings. The van der Waals surface area contributed by atoms with Crippen LogP contribution in [0.3, 0.4) is 0 Å². The molecule has 16 heavy (non-hydrogen) atoms. The highest BCUT2D eigenvalue weighted by Crippen LogP contribution is 2.28. The summed E-state index contributed by atoms with van der Waals surface area (Å²) in [5.74, 6) is 0.540. The first-order valence-corrected chi connectivity index (χ1v) is 4.93. The lowest BCUT2D eigenvalue weighted by molar-refractivity contribution is -0.118. The van der Waals surface area contributed by atoms with Crippen molar-refractivity contribution >= 4 is 11.6 Å². The lowest BCUT2D eigenvalue weighted by Gasteiger charge is -2.18. The first kappa shape index (κ1) is 10.5. The monoisotopic (exact) mass is 217 g/mol. The maximum Gasteiger partial charge on any atom is 0.262 e. The molecule has 0 spiro atoms. The Morgan fingerprint density at radius 1 is 1.56 bits per heavy atom. The number of rotatable bonds is 3. The van der Waals surface area contributed by atoms with E-state index in [1.165, 1.54) is 0 Å². The number of nitriles is 1. The number of nitrogens with zero attached hydrogens (tertiary/aromatic N) is 1. The molecule has 0 fully saturated rings. The Kier molecular flexibility index (Phi) is 3.03. The van der Waals surface area contributed by atoms with Crippen molar-refractivity contribution in [2.75, 3.05) is 18.5 Å². The van der Waals surface area contributed by atoms with Crippen molar-refractivity contribution in [2.24, 2.45) is 0 Å². The van der Waals surface area contributed by atoms with Gasteiger partial charge in [-0.25, -0.2) is 0 Å². The van der Waals surface area contributed by atoms with Crippen molar-refractivity contribution in [1.29, 1.82) is 5.26 Å². The maximum absolute atomic E-state index is 11.1. The van der Waals surface area contributed by atoms with Gasteiger partial charge in [0.2, 0.25) is 0 Å². The molecule has 1 aliphatic heterocycles. The minimum atomic E-state index is -0.144. The van der Waals surface area contributed by atoms with Crippen molar-refractivity contribution in [2.45, 2.75) is 6.54 Å². The normalized spacial score (nSPS) is 13.3. The van der Waals surface area contributed by atoms with Crippen molar-refractivity contribution in [1.82, 2.24) is 5.32 Å². The molecule has 1 heterocycles. The Morgan fingerprint density at radius 3 is 3.25 bits per heavy atom. The summed E-state index contributed by atoms with van der Waals surface area (Å²) in [4.78, 5) is 11.1. The summed E-state index contributed by atoms with van der Waals surface area (Å²) < 4.78 is 5.23. The van der Waals surface area contributed by atoms with E-state index in [-0.39, 0.29) is 12.5 Å². The largest absolute Gasteiger partial charge is 0.482 e. The van der Waals surface area contributed by atoms with Gasteiger partial charge in [-0.05, 0) is 17.7 Å². The Morgan fingerprint density at radius 2 is 2.44 bits per heavy atom. The van der Waals surface area contributed by atoms with Crippen LogP contribution in [0.25, 0.3) is 0 Å². The summed E-state index contributed by atoms with van der Waals surface area (Å²) in [6.07, 6.45) is 0. The number of anilines is 1. The van der Waals surface area contributed by atoms with Gasteiger partial charge in [0.05, 0.1) is 18.3 Å². The van der Waals surface area contributed by atoms with Crippen LogP contribution in [-0.4, -0.2) is 19.1 Å². The van der Waals surface area contributed by atoms with Gasteiger partial charge in [0.15, 0.2) is 6.61 Å². The van der Waals surface area contributed by atoms with E-state index in [1.807, 2.05) is 24.3 Å². The van der Waals surface area contributed by atoms with E-state index in [0.29, 0.717) is 24.5 Å². The van der Waals surface area contributed by atoms with Gasteiger partial charge in [0, 0.05) is 6.54 Å². The highest BCUT2D eigenvalue weighted by molar-refractivity contribution is 5.95. The van der Waals surface area contributed by atoms with Gasteiger partial charge in [0.25, 0.3) is 5.91 Å². The average molecular weight is 217 g/mol. The molecular formula is C11H11N3O2. The van der Waals surface area contributed by atoms with Crippen LogP contribution in [0.2, 0.25) is 0 Å². The molecule has 0 saturated heterocycles. The molecule has 0 bridgehead atoms. The Labute approximate surface area is 93.0 Å². The van der Waals surface area contributed by atoms with E-state index in [2.05, 4.69) is 10.6 Å². The van der Waals surface area contributed by atoms with E-state index >= 15 is 0 Å². The zero-order chi connectivity index (χ0) is 11.4. The highest BCUT2D eigenvalue weighted by Gasteiger charge is 2.15. The van der Waals surface area contributed by atoms with E-state index in [0.717, 1.165) is 5.56 Å². The van der Waals surface area contributed by atoms with Crippen LogP contribution in [0.4, 0.5) is 5.69 Å². The Bertz CT molecular complexity index is 451. The molecular weight excluding hydrogens is 206 g/mol. The number of benzene rings is 1. The third-order valence-corrected chi connectivity index (χ3v) is 2.21. The molecule has 1 aromatic carbocycles. The van der Waals surface area contributed by atoms with E-state index in [4.69, 9.17) is 10.00 Å². The molecule has 1 aromatic rings. The Hall–Kier alpha value is -2.06. The second-order valence-corrected chi connectivity index (χ2v) is 3.43. The second kappa shape index (κ2) is 4.64. The van der Waals surface area contributed by atoms with Gasteiger partial charge in [-0.2, -0.15) is 5.26 Å². The molecule has 0 atom stereocenters. The molecule has 0 aliphatic carbocycles. The van der Waals surface area contributed by atoms with Crippen molar-refractivity contribution in [3.63, 3.8) is 0 Å². The van der Waals surface area contributed by atoms with Crippen LogP contribution in [-0.2, 0) is 11.3 Å². The van der Waals surface area contributed by atoms with Gasteiger partial charge < -0.3 is 15.4 Å². The van der Waals surface area contributed by atoms with Gasteiger partial charge >= 0.3 is 0 Å². The number of hydrogen-bond acceptors (Lipinski definition) is 4. The quantitative estimate of drug-likeness (QED) is 0.575. The number of nitrogens with one attached hydrogen (secondary N) is 2. The smallest absolute Gasteiger partial charge is 0.262 e. The summed E-state index contributed by atoms with van der Waals surface area (Å²) in [7, 11) is 0. The zero-order valence-corrected chi connectivity index (χ0v) is 8.62. The fourth-order valence-electron chi connectivity index (χ4n) is 1.50. The van der Waals surface area contributed by atoms with Crippen LogP contribution in [0.5, 0.6) is 5.75 Å². The van der Waals surface area contributed by atoms with E-state index < -0.39 is 0 Å². The fraction of sp³-hybridized carbons (Fsp3) is 0.273. The molecule has 5 nitrogen and oxygen atoms in total. The minimum absolute atomic E-state index is 0.0685. The molecule has 0 unspecified atom stereocenters. The summed E-state index contributed by atoms with van der Waals surface area (Å²) in [5, 5.41) is 14.1. The minimum Gasteiger partial charge on any atom is -0.482 e. The van der Waals surface area contributed by atoms with E-state index in [9.17, 15) is 4.79 Å². The topological polar surface area (TPSA) is 74.2 Å². The summed E-state index contributed by atoms with van der Waals surface area (Å²) in [6.45, 7) is 0.968. The van der Waals surface area contributed by atoms with Crippen molar-refractivity contribution in [3.05, 3.63) is 23.8 Å². The first-order valence-electron chi connectivity index (χ1n) is 4.93. The van der Waals surface area contributed by atoms with Gasteiger partial charge in [-0.15, -0.1) is 0 Å². The molecule has 2 N–H and O–H groups in total. The van der Waals surface area contributed by atoms with Crippen LogP contribution in [0.1, 0.15) is 5.56 Å². The van der Waals surface area contributed by atoms with Crippen LogP contribution in [0.15, 0.2) is 18.2 Å². The predicted molar refractivity (Wildman–Crippen MR) is 57.9 cm³/mol. The first-order chi connectivity index (χ1) is 7.79. The van der Waals surface area contributed by atoms with Crippen LogP contribution in [0, 0.1) is 11.3 Å². The summed E-state index contributed by atoms with van der Waals surface area (Å²) in [5.41, 5.74) is 1.69. The molecule has 0 radical (unpaired) electrons. The number of carbonyl (C=O) groups is 1. The third kappa shape index (κ3) is 2.30. The average Bonchev–Trinajstić information content (AvgIpc) is 2.29. The van der Waals surface area contributed by atoms with Crippen molar-refractivity contribution < 1.29 is 9.53 Å². The van der Waals surface area contributed by atoms with Gasteiger partial charge in [-0.3, -0.25) is 4.79 Å². The number of ether oxygens (including phenoxy) is 1. The predicted octanol–water partition coefficient (Wildman–Crippen LogP) is 0.631. The number of carbonyl (C=O) groups excluding carboxylic acids is 1. The fourth-order valence-corrected chi connectivity index (χ4v) is 1.50. The Balaban J connectivity index is 2.09. The molecule has 82 valence electrons. The third-order valence-electron chi connectivity index (χ3n) is 2.21. The molecule has 5 heteroatoms. The lowest BCUT2D eigenvalue weighted by Crippen LogP contribution is -2.25. The molecule has 0 aromatic heterocycles. The molecule has 0 saturated carbocycles. The van der Waals surface area contributed by atoms with Gasteiger partial charge in [-0.1, -0.05) is 6.07 Å². The SMILES string of the molecule is N#CCNCc1ccc2c(c1)NC(=O)CO2. The van der Waals surface area contributed by atoms with Crippen LogP contribution < -0.4 is 15.4 Å². The zero-order valence-electron chi connectivity index (χ0n) is 8.62. The lowest BCUT2D eigenvalue weighted by atomic mass is 10.1.